The van der Waals surface area contributed by atoms with Crippen LogP contribution in [0.5, 0.6) is 5.75 Å². The smallest absolute Gasteiger partial charge is 0.257 e. The molecule has 2 aromatic rings. The summed E-state index contributed by atoms with van der Waals surface area (Å²) >= 11 is 0. The molecule has 0 aliphatic heterocycles. The second kappa shape index (κ2) is 6.88. The molecule has 0 aromatic heterocycles. The fourth-order valence-electron chi connectivity index (χ4n) is 2.08. The highest BCUT2D eigenvalue weighted by Gasteiger charge is 2.17. The van der Waals surface area contributed by atoms with Crippen molar-refractivity contribution in [3.05, 3.63) is 65.5 Å². The molecule has 0 bridgehead atoms. The van der Waals surface area contributed by atoms with E-state index in [1.165, 1.54) is 11.0 Å². The average molecular weight is 287 g/mol. The number of para-hydroxylation sites is 1. The van der Waals surface area contributed by atoms with E-state index in [0.29, 0.717) is 23.5 Å². The summed E-state index contributed by atoms with van der Waals surface area (Å²) in [6, 6.07) is 13.5. The Hall–Kier alpha value is -2.36. The summed E-state index contributed by atoms with van der Waals surface area (Å²) in [5.74, 6) is 0.0444. The molecule has 1 amide bonds. The van der Waals surface area contributed by atoms with E-state index in [1.54, 1.807) is 43.4 Å². The molecule has 0 spiro atoms. The SMILES string of the molecule is CCOc1ccccc1C(=O)N(C)Cc1ccccc1F. The van der Waals surface area contributed by atoms with Gasteiger partial charge in [0.05, 0.1) is 12.2 Å². The molecule has 0 atom stereocenters. The van der Waals surface area contributed by atoms with Gasteiger partial charge >= 0.3 is 0 Å². The molecule has 0 aliphatic rings. The lowest BCUT2D eigenvalue weighted by atomic mass is 10.1. The molecule has 0 unspecified atom stereocenters. The van der Waals surface area contributed by atoms with Gasteiger partial charge < -0.3 is 9.64 Å². The minimum atomic E-state index is -0.310. The molecule has 2 aromatic carbocycles. The molecule has 0 fully saturated rings. The lowest BCUT2D eigenvalue weighted by Gasteiger charge is -2.19. The maximum atomic E-state index is 13.7. The first-order chi connectivity index (χ1) is 10.1. The molecule has 0 saturated heterocycles. The lowest BCUT2D eigenvalue weighted by Crippen LogP contribution is -2.27. The quantitative estimate of drug-likeness (QED) is 0.842. The number of hydrogen-bond acceptors (Lipinski definition) is 2. The summed E-state index contributed by atoms with van der Waals surface area (Å²) in [6.07, 6.45) is 0. The number of benzene rings is 2. The first-order valence-electron chi connectivity index (χ1n) is 6.84. The molecule has 110 valence electrons. The van der Waals surface area contributed by atoms with Crippen molar-refractivity contribution in [2.24, 2.45) is 0 Å². The van der Waals surface area contributed by atoms with Crippen LogP contribution in [0.3, 0.4) is 0 Å². The third kappa shape index (κ3) is 3.60. The fourth-order valence-corrected chi connectivity index (χ4v) is 2.08. The molecule has 21 heavy (non-hydrogen) atoms. The Morgan fingerprint density at radius 1 is 1.14 bits per heavy atom. The number of halogens is 1. The maximum absolute atomic E-state index is 13.7. The van der Waals surface area contributed by atoms with E-state index in [0.717, 1.165) is 0 Å². The van der Waals surface area contributed by atoms with Gasteiger partial charge in [0, 0.05) is 19.2 Å². The Morgan fingerprint density at radius 2 is 1.81 bits per heavy atom. The largest absolute Gasteiger partial charge is 0.493 e. The molecule has 2 rings (SSSR count). The van der Waals surface area contributed by atoms with Crippen LogP contribution in [0.25, 0.3) is 0 Å². The van der Waals surface area contributed by atoms with Crippen molar-refractivity contribution in [1.82, 2.24) is 4.90 Å². The standard InChI is InChI=1S/C17H18FNO2/c1-3-21-16-11-7-5-9-14(16)17(20)19(2)12-13-8-4-6-10-15(13)18/h4-11H,3,12H2,1-2H3. The van der Waals surface area contributed by atoms with E-state index in [1.807, 2.05) is 13.0 Å². The lowest BCUT2D eigenvalue weighted by molar-refractivity contribution is 0.0779. The van der Waals surface area contributed by atoms with Crippen molar-refractivity contribution < 1.29 is 13.9 Å². The number of rotatable bonds is 5. The fraction of sp³-hybridized carbons (Fsp3) is 0.235. The number of carbonyl (C=O) groups is 1. The molecular formula is C17H18FNO2. The average Bonchev–Trinajstić information content (AvgIpc) is 2.50. The number of ether oxygens (including phenoxy) is 1. The van der Waals surface area contributed by atoms with Crippen LogP contribution >= 0.6 is 0 Å². The van der Waals surface area contributed by atoms with Gasteiger partial charge in [-0.2, -0.15) is 0 Å². The number of carbonyl (C=O) groups excluding carboxylic acids is 1. The van der Waals surface area contributed by atoms with Crippen molar-refractivity contribution in [3.63, 3.8) is 0 Å². The van der Waals surface area contributed by atoms with Crippen LogP contribution < -0.4 is 4.74 Å². The zero-order chi connectivity index (χ0) is 15.2. The molecule has 0 heterocycles. The van der Waals surface area contributed by atoms with Crippen molar-refractivity contribution in [2.75, 3.05) is 13.7 Å². The highest BCUT2D eigenvalue weighted by Crippen LogP contribution is 2.20. The molecule has 0 aliphatic carbocycles. The summed E-state index contributed by atoms with van der Waals surface area (Å²) in [7, 11) is 1.65. The van der Waals surface area contributed by atoms with Crippen LogP contribution in [-0.4, -0.2) is 24.5 Å². The van der Waals surface area contributed by atoms with Crippen LogP contribution in [0, 0.1) is 5.82 Å². The van der Waals surface area contributed by atoms with Gasteiger partial charge in [-0.25, -0.2) is 4.39 Å². The van der Waals surface area contributed by atoms with Gasteiger partial charge in [-0.05, 0) is 25.1 Å². The number of nitrogens with zero attached hydrogens (tertiary/aromatic N) is 1. The van der Waals surface area contributed by atoms with Crippen LogP contribution in [0.2, 0.25) is 0 Å². The van der Waals surface area contributed by atoms with Crippen molar-refractivity contribution in [3.8, 4) is 5.75 Å². The van der Waals surface area contributed by atoms with E-state index in [9.17, 15) is 9.18 Å². The van der Waals surface area contributed by atoms with Crippen LogP contribution in [0.1, 0.15) is 22.8 Å². The van der Waals surface area contributed by atoms with E-state index >= 15 is 0 Å². The monoisotopic (exact) mass is 287 g/mol. The molecule has 0 saturated carbocycles. The third-order valence-electron chi connectivity index (χ3n) is 3.13. The summed E-state index contributed by atoms with van der Waals surface area (Å²) in [4.78, 5) is 14.0. The van der Waals surface area contributed by atoms with Gasteiger partial charge in [-0.3, -0.25) is 4.79 Å². The van der Waals surface area contributed by atoms with Crippen molar-refractivity contribution >= 4 is 5.91 Å². The molecule has 3 nitrogen and oxygen atoms in total. The summed E-state index contributed by atoms with van der Waals surface area (Å²) in [5.41, 5.74) is 0.973. The van der Waals surface area contributed by atoms with Crippen molar-refractivity contribution in [2.45, 2.75) is 13.5 Å². The Balaban J connectivity index is 2.18. The molecule has 0 radical (unpaired) electrons. The highest BCUT2D eigenvalue weighted by molar-refractivity contribution is 5.96. The van der Waals surface area contributed by atoms with E-state index in [4.69, 9.17) is 4.74 Å². The Labute approximate surface area is 124 Å². The van der Waals surface area contributed by atoms with Crippen LogP contribution in [0.15, 0.2) is 48.5 Å². The second-order valence-corrected chi connectivity index (χ2v) is 4.68. The van der Waals surface area contributed by atoms with Crippen LogP contribution in [0.4, 0.5) is 4.39 Å². The number of amides is 1. The molecule has 4 heteroatoms. The minimum absolute atomic E-state index is 0.192. The van der Waals surface area contributed by atoms with Gasteiger partial charge in [0.15, 0.2) is 0 Å². The van der Waals surface area contributed by atoms with Gasteiger partial charge in [0.2, 0.25) is 0 Å². The molecule has 0 N–H and O–H groups in total. The van der Waals surface area contributed by atoms with Gasteiger partial charge in [-0.1, -0.05) is 30.3 Å². The van der Waals surface area contributed by atoms with E-state index < -0.39 is 0 Å². The number of hydrogen-bond donors (Lipinski definition) is 0. The van der Waals surface area contributed by atoms with E-state index in [-0.39, 0.29) is 18.3 Å². The van der Waals surface area contributed by atoms with Gasteiger partial charge in [-0.15, -0.1) is 0 Å². The molecular weight excluding hydrogens is 269 g/mol. The summed E-state index contributed by atoms with van der Waals surface area (Å²) in [6.45, 7) is 2.57. The summed E-state index contributed by atoms with van der Waals surface area (Å²) in [5, 5.41) is 0. The highest BCUT2D eigenvalue weighted by atomic mass is 19.1. The normalized spacial score (nSPS) is 10.2. The Morgan fingerprint density at radius 3 is 2.52 bits per heavy atom. The zero-order valence-corrected chi connectivity index (χ0v) is 12.2. The Bertz CT molecular complexity index is 628. The maximum Gasteiger partial charge on any atom is 0.257 e. The zero-order valence-electron chi connectivity index (χ0n) is 12.2. The summed E-state index contributed by atoms with van der Waals surface area (Å²) < 4.78 is 19.1. The first-order valence-corrected chi connectivity index (χ1v) is 6.84. The van der Waals surface area contributed by atoms with Gasteiger partial charge in [0.1, 0.15) is 11.6 Å². The van der Waals surface area contributed by atoms with E-state index in [2.05, 4.69) is 0 Å². The predicted octanol–water partition coefficient (Wildman–Crippen LogP) is 3.50. The second-order valence-electron chi connectivity index (χ2n) is 4.68. The third-order valence-corrected chi connectivity index (χ3v) is 3.13. The Kier molecular flexibility index (Phi) is 4.93. The van der Waals surface area contributed by atoms with Crippen LogP contribution in [-0.2, 0) is 6.54 Å². The van der Waals surface area contributed by atoms with Crippen molar-refractivity contribution in [1.29, 1.82) is 0 Å². The predicted molar refractivity (Wildman–Crippen MR) is 79.8 cm³/mol. The van der Waals surface area contributed by atoms with Gasteiger partial charge in [0.25, 0.3) is 5.91 Å². The minimum Gasteiger partial charge on any atom is -0.493 e. The topological polar surface area (TPSA) is 29.5 Å². The first kappa shape index (κ1) is 15.0.